The SMILES string of the molecule is CC(=O)Nc1ccc(CCCCc2nnc(NC(=O)Cc3cccc(CNC(=O)OC(C)(C)COC(Cc4cccc(CN)c4)Nc4nnc(CCCCc5ccc(NC(C)=O)nn5)s4)c3)s2)nn1. The molecule has 6 rings (SSSR count). The van der Waals surface area contributed by atoms with Crippen molar-refractivity contribution in [3.8, 4) is 0 Å². The number of anilines is 4. The summed E-state index contributed by atoms with van der Waals surface area (Å²) in [6.45, 7) is 7.07. The van der Waals surface area contributed by atoms with Gasteiger partial charge in [0.25, 0.3) is 0 Å². The van der Waals surface area contributed by atoms with Gasteiger partial charge in [-0.15, -0.1) is 30.6 Å². The van der Waals surface area contributed by atoms with Crippen LogP contribution in [0.5, 0.6) is 0 Å². The Morgan fingerprint density at radius 1 is 0.638 bits per heavy atom. The summed E-state index contributed by atoms with van der Waals surface area (Å²) >= 11 is 2.80. The zero-order valence-electron chi connectivity index (χ0n) is 39.1. The number of aryl methyl sites for hydroxylation is 4. The molecule has 0 bridgehead atoms. The molecule has 1 atom stereocenters. The molecule has 0 aliphatic carbocycles. The van der Waals surface area contributed by atoms with Crippen LogP contribution in [-0.4, -0.2) is 83.0 Å². The Labute approximate surface area is 408 Å². The second-order valence-electron chi connectivity index (χ2n) is 16.8. The van der Waals surface area contributed by atoms with Gasteiger partial charge in [0.1, 0.15) is 21.8 Å². The zero-order chi connectivity index (χ0) is 49.0. The van der Waals surface area contributed by atoms with Crippen LogP contribution in [0, 0.1) is 0 Å². The smallest absolute Gasteiger partial charge is 0.408 e. The van der Waals surface area contributed by atoms with Crippen LogP contribution in [0.4, 0.5) is 26.7 Å². The largest absolute Gasteiger partial charge is 0.441 e. The molecule has 0 fully saturated rings. The zero-order valence-corrected chi connectivity index (χ0v) is 40.8. The lowest BCUT2D eigenvalue weighted by Crippen LogP contribution is -2.40. The van der Waals surface area contributed by atoms with E-state index in [0.717, 1.165) is 88.6 Å². The van der Waals surface area contributed by atoms with Crippen molar-refractivity contribution in [2.75, 3.05) is 27.9 Å². The summed E-state index contributed by atoms with van der Waals surface area (Å²) in [7, 11) is 0. The molecule has 364 valence electrons. The Balaban J connectivity index is 0.920. The number of alkyl carbamates (subject to hydrolysis) is 1. The first-order chi connectivity index (χ1) is 33.2. The minimum absolute atomic E-state index is 0.0727. The molecular formula is C47H58N14O6S2. The van der Waals surface area contributed by atoms with Gasteiger partial charge in [-0.25, -0.2) is 4.79 Å². The fourth-order valence-electron chi connectivity index (χ4n) is 6.84. The predicted molar refractivity (Wildman–Crippen MR) is 263 cm³/mol. The maximum Gasteiger partial charge on any atom is 0.408 e. The van der Waals surface area contributed by atoms with Crippen molar-refractivity contribution < 1.29 is 28.7 Å². The van der Waals surface area contributed by atoms with E-state index in [1.807, 2.05) is 60.7 Å². The van der Waals surface area contributed by atoms with Gasteiger partial charge in [0.05, 0.1) is 24.4 Å². The quantitative estimate of drug-likeness (QED) is 0.0255. The number of ether oxygens (including phenoxy) is 2. The van der Waals surface area contributed by atoms with Gasteiger partial charge in [-0.3, -0.25) is 14.4 Å². The summed E-state index contributed by atoms with van der Waals surface area (Å²) in [5, 5.41) is 50.6. The van der Waals surface area contributed by atoms with E-state index >= 15 is 0 Å². The monoisotopic (exact) mass is 978 g/mol. The molecule has 1 unspecified atom stereocenters. The van der Waals surface area contributed by atoms with Crippen LogP contribution < -0.4 is 32.3 Å². The van der Waals surface area contributed by atoms with Crippen LogP contribution in [0.2, 0.25) is 0 Å². The number of carbonyl (C=O) groups excluding carboxylic acids is 4. The van der Waals surface area contributed by atoms with Gasteiger partial charge in [0.2, 0.25) is 28.0 Å². The molecule has 0 saturated heterocycles. The van der Waals surface area contributed by atoms with Gasteiger partial charge in [0, 0.05) is 46.2 Å². The minimum Gasteiger partial charge on any atom is -0.441 e. The molecule has 4 heterocycles. The van der Waals surface area contributed by atoms with Crippen molar-refractivity contribution >= 4 is 68.4 Å². The lowest BCUT2D eigenvalue weighted by Gasteiger charge is -2.28. The van der Waals surface area contributed by atoms with Crippen molar-refractivity contribution in [3.63, 3.8) is 0 Å². The van der Waals surface area contributed by atoms with Crippen LogP contribution >= 0.6 is 22.7 Å². The van der Waals surface area contributed by atoms with E-state index in [2.05, 4.69) is 67.4 Å². The first-order valence-electron chi connectivity index (χ1n) is 22.6. The van der Waals surface area contributed by atoms with E-state index in [4.69, 9.17) is 15.2 Å². The van der Waals surface area contributed by atoms with Crippen molar-refractivity contribution in [1.82, 2.24) is 46.1 Å². The minimum atomic E-state index is -1.01. The van der Waals surface area contributed by atoms with Gasteiger partial charge < -0.3 is 41.8 Å². The maximum absolute atomic E-state index is 13.1. The van der Waals surface area contributed by atoms with Crippen LogP contribution in [0.1, 0.15) is 97.0 Å². The number of carbonyl (C=O) groups is 4. The molecule has 0 aliphatic rings. The number of nitrogens with one attached hydrogen (secondary N) is 5. The molecule has 22 heteroatoms. The van der Waals surface area contributed by atoms with Crippen molar-refractivity contribution in [3.05, 3.63) is 116 Å². The molecule has 2 aromatic carbocycles. The number of nitrogens with two attached hydrogens (primary N) is 1. The third-order valence-electron chi connectivity index (χ3n) is 10.1. The van der Waals surface area contributed by atoms with E-state index in [9.17, 15) is 19.2 Å². The molecule has 0 saturated carbocycles. The Morgan fingerprint density at radius 3 is 1.78 bits per heavy atom. The lowest BCUT2D eigenvalue weighted by molar-refractivity contribution is -0.116. The highest BCUT2D eigenvalue weighted by Crippen LogP contribution is 2.23. The summed E-state index contributed by atoms with van der Waals surface area (Å²) in [4.78, 5) is 48.5. The molecule has 0 spiro atoms. The lowest BCUT2D eigenvalue weighted by atomic mass is 10.1. The van der Waals surface area contributed by atoms with E-state index < -0.39 is 17.9 Å². The van der Waals surface area contributed by atoms with Crippen LogP contribution in [0.25, 0.3) is 0 Å². The Kier molecular flexibility index (Phi) is 19.4. The molecule has 0 radical (unpaired) electrons. The van der Waals surface area contributed by atoms with Gasteiger partial charge >= 0.3 is 6.09 Å². The summed E-state index contributed by atoms with van der Waals surface area (Å²) in [5.41, 5.74) is 10.2. The highest BCUT2D eigenvalue weighted by Gasteiger charge is 2.26. The molecule has 4 aromatic heterocycles. The normalized spacial score (nSPS) is 11.7. The average Bonchev–Trinajstić information content (AvgIpc) is 3.97. The third kappa shape index (κ3) is 18.6. The van der Waals surface area contributed by atoms with E-state index in [1.54, 1.807) is 26.0 Å². The highest BCUT2D eigenvalue weighted by atomic mass is 32.1. The molecule has 4 amide bonds. The molecule has 6 aromatic rings. The number of amides is 4. The first-order valence-corrected chi connectivity index (χ1v) is 24.2. The second kappa shape index (κ2) is 26.0. The van der Waals surface area contributed by atoms with Crippen molar-refractivity contribution in [2.45, 2.75) is 117 Å². The Hall–Kier alpha value is -6.88. The number of aromatic nitrogens is 8. The van der Waals surface area contributed by atoms with Crippen LogP contribution in [-0.2, 0) is 75.5 Å². The predicted octanol–water partition coefficient (Wildman–Crippen LogP) is 6.36. The fraction of sp³-hybridized carbons (Fsp3) is 0.404. The molecule has 7 N–H and O–H groups in total. The third-order valence-corrected chi connectivity index (χ3v) is 11.9. The Morgan fingerprint density at radius 2 is 1.19 bits per heavy atom. The summed E-state index contributed by atoms with van der Waals surface area (Å²) in [6, 6.07) is 22.6. The van der Waals surface area contributed by atoms with Crippen LogP contribution in [0.15, 0.2) is 72.8 Å². The van der Waals surface area contributed by atoms with E-state index in [-0.39, 0.29) is 37.3 Å². The number of unbranched alkanes of at least 4 members (excludes halogenated alkanes) is 2. The maximum atomic E-state index is 13.1. The van der Waals surface area contributed by atoms with Crippen molar-refractivity contribution in [2.24, 2.45) is 5.73 Å². The van der Waals surface area contributed by atoms with Gasteiger partial charge in [-0.2, -0.15) is 10.2 Å². The molecular weight excluding hydrogens is 921 g/mol. The van der Waals surface area contributed by atoms with E-state index in [0.29, 0.717) is 41.3 Å². The summed E-state index contributed by atoms with van der Waals surface area (Å²) < 4.78 is 12.2. The molecule has 0 aliphatic heterocycles. The van der Waals surface area contributed by atoms with Crippen LogP contribution in [0.3, 0.4) is 0 Å². The van der Waals surface area contributed by atoms with Gasteiger partial charge in [-0.05, 0) is 98.9 Å². The summed E-state index contributed by atoms with van der Waals surface area (Å²) in [6.07, 6.45) is 5.86. The number of hydrogen-bond donors (Lipinski definition) is 6. The Bertz CT molecular complexity index is 2610. The van der Waals surface area contributed by atoms with E-state index in [1.165, 1.54) is 36.5 Å². The highest BCUT2D eigenvalue weighted by molar-refractivity contribution is 7.15. The average molecular weight is 979 g/mol. The van der Waals surface area contributed by atoms with Gasteiger partial charge in [-0.1, -0.05) is 71.2 Å². The number of rotatable bonds is 26. The number of benzene rings is 2. The van der Waals surface area contributed by atoms with Crippen molar-refractivity contribution in [1.29, 1.82) is 0 Å². The number of hydrogen-bond acceptors (Lipinski definition) is 18. The standard InChI is InChI=1S/C47H58N14O6S2/c1-30(62)50-38-21-19-36(54-56-38)15-5-7-17-42-58-60-44(68-42)52-40(64)25-32-11-10-14-35(24-32)28-49-46(65)67-47(3,4)29-66-41(26-33-12-9-13-34(23-33)27-48)53-45-61-59-43(69-45)18-8-6-16-37-20-22-39(57-55-37)51-31(2)63/h9-14,19-24,41H,5-8,15-18,25-29,48H2,1-4H3,(H,49,65)(H,53,61)(H,50,56,62)(H,51,57,63)(H,52,60,64). The summed E-state index contributed by atoms with van der Waals surface area (Å²) in [5.74, 6) is 0.226. The topological polar surface area (TPSA) is 276 Å². The molecule has 20 nitrogen and oxygen atoms in total. The molecule has 69 heavy (non-hydrogen) atoms. The van der Waals surface area contributed by atoms with Gasteiger partial charge in [0.15, 0.2) is 11.6 Å². The fourth-order valence-corrected chi connectivity index (χ4v) is 8.46. The second-order valence-corrected chi connectivity index (χ2v) is 18.9. The number of nitrogens with zero attached hydrogens (tertiary/aromatic N) is 8. The first kappa shape index (κ1) is 51.5.